The topological polar surface area (TPSA) is 392 Å². The van der Waals surface area contributed by atoms with Crippen molar-refractivity contribution >= 4 is 106 Å². The Morgan fingerprint density at radius 1 is 0.657 bits per heavy atom. The van der Waals surface area contributed by atoms with Gasteiger partial charge in [0, 0.05) is 138 Å². The van der Waals surface area contributed by atoms with E-state index >= 15 is 0 Å². The minimum absolute atomic E-state index is 0.0112. The number of carbonyl (C=O) groups excluding carboxylic acids is 9. The average Bonchev–Trinajstić information content (AvgIpc) is 1.66. The van der Waals surface area contributed by atoms with Crippen LogP contribution in [0.15, 0.2) is 48.5 Å². The molecule has 2 aromatic rings. The van der Waals surface area contributed by atoms with Crippen LogP contribution in [0.2, 0.25) is 0 Å². The van der Waals surface area contributed by atoms with Gasteiger partial charge in [0.05, 0.1) is 38.9 Å². The smallest absolute Gasteiger partial charge is 0.317 e. The van der Waals surface area contributed by atoms with E-state index in [2.05, 4.69) is 50.1 Å². The summed E-state index contributed by atoms with van der Waals surface area (Å²) in [6, 6.07) is 8.36. The molecule has 0 aromatic heterocycles. The van der Waals surface area contributed by atoms with Gasteiger partial charge < -0.3 is 67.5 Å². The third kappa shape index (κ3) is 26.4. The fourth-order valence-corrected chi connectivity index (χ4v) is 15.5. The van der Waals surface area contributed by atoms with Crippen LogP contribution in [0, 0.1) is 5.92 Å². The minimum Gasteiger partial charge on any atom is -0.480 e. The molecule has 1 unspecified atom stereocenters. The number of hydrogen-bond donors (Lipinski definition) is 10. The predicted octanol–water partition coefficient (Wildman–Crippen LogP) is -0.238. The molecule has 5 aliphatic rings. The number of nitrogens with zero attached hydrogens (tertiary/aromatic N) is 6. The number of carboxylic acids is 3. The molecule has 8 atom stereocenters. The van der Waals surface area contributed by atoms with E-state index in [4.69, 9.17) is 10.5 Å². The molecule has 4 saturated heterocycles. The lowest BCUT2D eigenvalue weighted by Crippen LogP contribution is -2.63. The number of benzene rings is 2. The van der Waals surface area contributed by atoms with Gasteiger partial charge in [-0.3, -0.25) is 77.1 Å². The summed E-state index contributed by atoms with van der Waals surface area (Å²) in [6.45, 7) is 5.79. The number of thioether (sulfide) groups is 3. The Balaban J connectivity index is 1.10. The van der Waals surface area contributed by atoms with Gasteiger partial charge in [0.1, 0.15) is 36.3 Å². The number of aliphatic carboxylic acids is 3. The number of amides is 9. The highest BCUT2D eigenvalue weighted by Crippen LogP contribution is 2.32. The van der Waals surface area contributed by atoms with Crippen molar-refractivity contribution in [2.75, 3.05) is 129 Å². The Morgan fingerprint density at radius 3 is 1.89 bits per heavy atom. The van der Waals surface area contributed by atoms with Crippen LogP contribution in [0.3, 0.4) is 0 Å². The first-order chi connectivity index (χ1) is 47.5. The molecule has 4 fully saturated rings. The zero-order chi connectivity index (χ0) is 71.4. The molecule has 5 heterocycles. The number of nitrogens with one attached hydrogen (secondary N) is 6. The highest BCUT2D eigenvalue weighted by Gasteiger charge is 2.49. The van der Waals surface area contributed by atoms with E-state index in [1.54, 1.807) is 57.3 Å². The lowest BCUT2D eigenvalue weighted by atomic mass is 9.97. The molecule has 0 aliphatic carbocycles. The molecule has 7 rings (SSSR count). The maximum absolute atomic E-state index is 15.0. The summed E-state index contributed by atoms with van der Waals surface area (Å²) in [5.41, 5.74) is 9.19. The van der Waals surface area contributed by atoms with Crippen molar-refractivity contribution in [3.05, 3.63) is 70.8 Å². The van der Waals surface area contributed by atoms with E-state index < -0.39 is 108 Å². The standard InChI is InChI=1S/C67H99N13O16S3/c1-3-4-6-13-55(82)71-52-43-99-42-48-32-46(40-97-29-17-69-56(83)35-75-21-23-76(36-57(84)85)25-27-78(38-59(88)89)28-26-77(24-22-75)37-58(86)87)31-47(33-48)41-98-30-18-70-62(90)51(34-45-10-7-5-8-11-45)73-63(91)50(14-15-54(68)81)72-64(92)60-44(2)96-39-49-16-20-80(61(49)65(93)74-60)67(95)53-12-9-19-79(53)66(52)94/h5,7-8,10-11,31-33,44,49-53,60-61H,3-4,6,9,12-30,34-43H2,1-2H3,(H2,68,81)(H,69,83)(H,70,90)(H,71,82)(H,72,92)(H,73,91)(H,74,93)(H,84,85)(H,86,87)(H,88,89)/t44-,49?,50+,51+,52+,53+,60+,61+/m1/s1. The molecule has 4 bridgehead atoms. The van der Waals surface area contributed by atoms with Crippen molar-refractivity contribution in [2.24, 2.45) is 11.7 Å². The highest BCUT2D eigenvalue weighted by molar-refractivity contribution is 7.99. The summed E-state index contributed by atoms with van der Waals surface area (Å²) in [4.78, 5) is 172. The summed E-state index contributed by atoms with van der Waals surface area (Å²) in [6.07, 6.45) is 2.36. The second-order valence-corrected chi connectivity index (χ2v) is 29.1. The van der Waals surface area contributed by atoms with Gasteiger partial charge >= 0.3 is 17.9 Å². The number of carbonyl (C=O) groups is 12. The molecule has 0 radical (unpaired) electrons. The van der Waals surface area contributed by atoms with Crippen LogP contribution < -0.4 is 37.6 Å². The molecule has 0 spiro atoms. The summed E-state index contributed by atoms with van der Waals surface area (Å²) in [7, 11) is 0. The third-order valence-electron chi connectivity index (χ3n) is 18.1. The number of fused-ring (bicyclic) bond motifs is 5. The Morgan fingerprint density at radius 2 is 1.27 bits per heavy atom. The number of nitrogens with two attached hydrogens (primary N) is 1. The number of primary amides is 1. The maximum Gasteiger partial charge on any atom is 0.317 e. The zero-order valence-electron chi connectivity index (χ0n) is 56.7. The molecule has 546 valence electrons. The van der Waals surface area contributed by atoms with Crippen molar-refractivity contribution < 1.29 is 77.6 Å². The van der Waals surface area contributed by atoms with Crippen molar-refractivity contribution in [3.63, 3.8) is 0 Å². The fourth-order valence-electron chi connectivity index (χ4n) is 12.9. The molecule has 32 heteroatoms. The summed E-state index contributed by atoms with van der Waals surface area (Å²) < 4.78 is 6.22. The highest BCUT2D eigenvalue weighted by atomic mass is 32.2. The Hall–Kier alpha value is -7.07. The van der Waals surface area contributed by atoms with Gasteiger partial charge in [-0.25, -0.2) is 0 Å². The van der Waals surface area contributed by atoms with E-state index in [0.29, 0.717) is 74.1 Å². The number of carboxylic acid groups (broad SMARTS) is 3. The van der Waals surface area contributed by atoms with Crippen LogP contribution in [0.25, 0.3) is 0 Å². The van der Waals surface area contributed by atoms with Crippen molar-refractivity contribution in [2.45, 2.75) is 138 Å². The van der Waals surface area contributed by atoms with Gasteiger partial charge in [-0.2, -0.15) is 35.3 Å². The van der Waals surface area contributed by atoms with Gasteiger partial charge in [-0.1, -0.05) is 68.3 Å². The van der Waals surface area contributed by atoms with E-state index in [0.717, 1.165) is 35.1 Å². The molecule has 5 aliphatic heterocycles. The summed E-state index contributed by atoms with van der Waals surface area (Å²) in [5.74, 6) is -5.83. The van der Waals surface area contributed by atoms with E-state index in [-0.39, 0.29) is 135 Å². The number of ether oxygens (including phenoxy) is 1. The lowest BCUT2D eigenvalue weighted by Gasteiger charge is -2.37. The largest absolute Gasteiger partial charge is 0.480 e. The van der Waals surface area contributed by atoms with Gasteiger partial charge in [-0.05, 0) is 61.3 Å². The second-order valence-electron chi connectivity index (χ2n) is 25.8. The van der Waals surface area contributed by atoms with Crippen molar-refractivity contribution in [1.29, 1.82) is 0 Å². The second kappa shape index (κ2) is 41.0. The van der Waals surface area contributed by atoms with Gasteiger partial charge in [0.2, 0.25) is 53.2 Å². The predicted molar refractivity (Wildman–Crippen MR) is 374 cm³/mol. The van der Waals surface area contributed by atoms with Crippen molar-refractivity contribution in [1.82, 2.24) is 61.3 Å². The normalized spacial score (nSPS) is 24.6. The Kier molecular flexibility index (Phi) is 32.8. The quantitative estimate of drug-likeness (QED) is 0.0642. The van der Waals surface area contributed by atoms with Crippen LogP contribution in [-0.4, -0.2) is 287 Å². The molecule has 29 nitrogen and oxygen atoms in total. The van der Waals surface area contributed by atoms with Crippen LogP contribution in [0.5, 0.6) is 0 Å². The lowest BCUT2D eigenvalue weighted by molar-refractivity contribution is -0.150. The zero-order valence-corrected chi connectivity index (χ0v) is 59.2. The maximum atomic E-state index is 15.0. The SMILES string of the molecule is CCCCCC(=O)N[C@H]1CSCc2cc(CSCCNC(=O)CN3CCN(CC(=O)O)CCN(CC(=O)O)CCN(CC(=O)O)CC3)cc(c2)CSCCNC(=O)[C@H](Cc2ccccc2)NC(=O)[C@H](CCC(N)=O)NC(=O)[C@H]2NC(=O)[C@@H]3C(CCN3C(=O)[C@@H]3CCCN3C1=O)CO[C@@H]2C. The molecule has 11 N–H and O–H groups in total. The number of rotatable bonds is 23. The van der Waals surface area contributed by atoms with E-state index in [1.165, 1.54) is 21.6 Å². The number of unbranched alkanes of at least 4 members (excludes halogenated alkanes) is 2. The summed E-state index contributed by atoms with van der Waals surface area (Å²) >= 11 is 4.62. The van der Waals surface area contributed by atoms with Crippen LogP contribution in [0.1, 0.15) is 93.9 Å². The first-order valence-corrected chi connectivity index (χ1v) is 37.7. The fraction of sp³-hybridized carbons (Fsp3) is 0.642. The third-order valence-corrected chi connectivity index (χ3v) is 21.2. The first-order valence-electron chi connectivity index (χ1n) is 34.2. The van der Waals surface area contributed by atoms with Gasteiger partial charge in [0.15, 0.2) is 0 Å². The summed E-state index contributed by atoms with van der Waals surface area (Å²) in [5, 5.41) is 46.1. The Bertz CT molecular complexity index is 3070. The number of hydrogen-bond acceptors (Lipinski definition) is 20. The molecular weight excluding hydrogens is 1340 g/mol. The van der Waals surface area contributed by atoms with E-state index in [9.17, 15) is 72.9 Å². The first kappa shape index (κ1) is 79.3. The van der Waals surface area contributed by atoms with Gasteiger partial charge in [-0.15, -0.1) is 0 Å². The van der Waals surface area contributed by atoms with Crippen LogP contribution >= 0.6 is 35.3 Å². The van der Waals surface area contributed by atoms with E-state index in [1.807, 2.05) is 30.0 Å². The average molecular weight is 1440 g/mol. The minimum atomic E-state index is -1.40. The monoisotopic (exact) mass is 1440 g/mol. The van der Waals surface area contributed by atoms with Gasteiger partial charge in [0.25, 0.3) is 0 Å². The van der Waals surface area contributed by atoms with Crippen LogP contribution in [0.4, 0.5) is 0 Å². The molecular formula is C67H99N13O16S3. The Labute approximate surface area is 591 Å². The van der Waals surface area contributed by atoms with Crippen molar-refractivity contribution in [3.8, 4) is 0 Å². The molecule has 0 saturated carbocycles. The molecule has 99 heavy (non-hydrogen) atoms. The van der Waals surface area contributed by atoms with Crippen LogP contribution in [-0.2, 0) is 86.0 Å². The molecule has 2 aromatic carbocycles. The molecule has 9 amide bonds.